The number of rotatable bonds is 10. The Morgan fingerprint density at radius 3 is 2.31 bits per heavy atom. The van der Waals surface area contributed by atoms with Crippen LogP contribution in [0.4, 0.5) is 24.5 Å². The second kappa shape index (κ2) is 19.7. The number of carbonyl (C=O) groups is 4. The number of pyridine rings is 1. The molecule has 0 bridgehead atoms. The summed E-state index contributed by atoms with van der Waals surface area (Å²) < 4.78 is 55.8. The molecule has 3 aromatic heterocycles. The first kappa shape index (κ1) is 48.8. The molecule has 3 aromatic carbocycles. The number of piperazine rings is 1. The molecule has 384 valence electrons. The number of alkyl halides is 3. The Morgan fingerprint density at radius 2 is 1.59 bits per heavy atom. The van der Waals surface area contributed by atoms with E-state index in [1.165, 1.54) is 23.3 Å². The highest BCUT2D eigenvalue weighted by atomic mass is 19.4. The number of nitrogens with zero attached hydrogens (tertiary/aromatic N) is 10. The van der Waals surface area contributed by atoms with Gasteiger partial charge in [-0.05, 0) is 104 Å². The van der Waals surface area contributed by atoms with Gasteiger partial charge in [0.05, 0.1) is 29.0 Å². The first-order valence-electron chi connectivity index (χ1n) is 25.0. The number of benzene rings is 3. The average molecular weight is 1020 g/mol. The Bertz CT molecular complexity index is 3280. The normalized spacial score (nSPS) is 20.6. The summed E-state index contributed by atoms with van der Waals surface area (Å²) in [6, 6.07) is 21.0. The number of carbonyl (C=O) groups excluding carboxylic acids is 4. The molecule has 5 aliphatic rings. The summed E-state index contributed by atoms with van der Waals surface area (Å²) in [6.07, 6.45) is 1.31. The van der Waals surface area contributed by atoms with E-state index in [0.717, 1.165) is 71.0 Å². The van der Waals surface area contributed by atoms with Gasteiger partial charge in [-0.1, -0.05) is 12.1 Å². The molecule has 5 aliphatic heterocycles. The van der Waals surface area contributed by atoms with Crippen LogP contribution in [-0.4, -0.2) is 137 Å². The average Bonchev–Trinajstić information content (AvgIpc) is 4.09. The Balaban J connectivity index is 0.667. The summed E-state index contributed by atoms with van der Waals surface area (Å²) in [5.74, 6) is -0.835. The van der Waals surface area contributed by atoms with Crippen LogP contribution in [0.3, 0.4) is 0 Å². The van der Waals surface area contributed by atoms with E-state index in [0.29, 0.717) is 73.5 Å². The molecule has 8 heterocycles. The standard InChI is InChI=1S/C53H54F3N11O7/c1-60-32-57-59-48(60)47(69)35-4-2-5-39(25-35)65-31-45-43(53(54,55)56)24-33(28-67(45)52(65)73)27-61-17-3-6-41(30-61)74-40-15-18-64(19-16-40)50(71)34-7-9-37(10-8-34)62-20-22-63(23-21-62)38-11-12-42-36(26-38)29-66(51(42)72)44-13-14-46(68)58-49(44)70/h2,4-5,7-12,24-26,28,31-32,40-41,47,69H,3,6,13-23,27,29-30H2,1H3/p+1/t41-,47+/m0/s1. The lowest BCUT2D eigenvalue weighted by atomic mass is 10.0. The summed E-state index contributed by atoms with van der Waals surface area (Å²) in [6.45, 7) is 5.75. The molecule has 18 nitrogen and oxygen atoms in total. The Kier molecular flexibility index (Phi) is 13.0. The van der Waals surface area contributed by atoms with Gasteiger partial charge in [0.15, 0.2) is 12.4 Å². The van der Waals surface area contributed by atoms with Gasteiger partial charge in [0.25, 0.3) is 11.6 Å². The number of amides is 4. The van der Waals surface area contributed by atoms with E-state index in [2.05, 4.69) is 30.2 Å². The van der Waals surface area contributed by atoms with Crippen LogP contribution in [0.25, 0.3) is 11.2 Å². The minimum Gasteiger partial charge on any atom is -0.380 e. The third kappa shape index (κ3) is 9.61. The van der Waals surface area contributed by atoms with Gasteiger partial charge in [-0.25, -0.2) is 9.59 Å². The number of aromatic nitrogens is 5. The van der Waals surface area contributed by atoms with Crippen molar-refractivity contribution < 1.29 is 46.8 Å². The number of aryl methyl sites for hydroxylation is 1. The Morgan fingerprint density at radius 1 is 0.851 bits per heavy atom. The van der Waals surface area contributed by atoms with Crippen molar-refractivity contribution >= 4 is 46.2 Å². The number of imidazole rings is 1. The van der Waals surface area contributed by atoms with Gasteiger partial charge in [0.1, 0.15) is 18.0 Å². The third-order valence-electron chi connectivity index (χ3n) is 15.0. The molecule has 11 rings (SSSR count). The number of hydrogen-bond donors (Lipinski definition) is 2. The van der Waals surface area contributed by atoms with E-state index in [1.807, 2.05) is 47.4 Å². The number of fused-ring (bicyclic) bond motifs is 2. The van der Waals surface area contributed by atoms with Crippen LogP contribution in [0, 0.1) is 0 Å². The number of anilines is 2. The second-order valence-corrected chi connectivity index (χ2v) is 19.8. The van der Waals surface area contributed by atoms with E-state index in [9.17, 15) is 42.3 Å². The van der Waals surface area contributed by atoms with Crippen LogP contribution in [-0.2, 0) is 40.6 Å². The molecule has 4 saturated heterocycles. The first-order valence-corrected chi connectivity index (χ1v) is 25.0. The van der Waals surface area contributed by atoms with Gasteiger partial charge in [-0.3, -0.25) is 33.6 Å². The van der Waals surface area contributed by atoms with Gasteiger partial charge in [0.2, 0.25) is 5.91 Å². The molecule has 2 N–H and O–H groups in total. The van der Waals surface area contributed by atoms with Crippen LogP contribution >= 0.6 is 0 Å². The number of ether oxygens (including phenoxy) is 1. The maximum absolute atomic E-state index is 14.7. The summed E-state index contributed by atoms with van der Waals surface area (Å²) in [4.78, 5) is 73.3. The SMILES string of the molecule is Cn1cnnc1[C@H](O)c1cccc(-n2cc3c(C(F)(F)F)cc(CN4CCC[C@H](OC5CCN(C(=O)c6ccc(N7CCN(c8ccc9c(c8)C[N+](=C8CCC(=O)NC8=O)C9=O)CC7)cc6)CC5)C4)cn3c2=O)c1. The highest BCUT2D eigenvalue weighted by molar-refractivity contribution is 6.42. The fourth-order valence-corrected chi connectivity index (χ4v) is 11.1. The number of aliphatic hydroxyl groups is 1. The smallest absolute Gasteiger partial charge is 0.380 e. The highest BCUT2D eigenvalue weighted by Crippen LogP contribution is 2.35. The number of likely N-dealkylation sites (tertiary alicyclic amines) is 2. The molecule has 74 heavy (non-hydrogen) atoms. The fourth-order valence-electron chi connectivity index (χ4n) is 11.1. The van der Waals surface area contributed by atoms with Crippen LogP contribution in [0.15, 0.2) is 96.3 Å². The number of hydrogen-bond acceptors (Lipinski definition) is 12. The molecule has 2 atom stereocenters. The van der Waals surface area contributed by atoms with Crippen molar-refractivity contribution in [3.05, 3.63) is 141 Å². The largest absolute Gasteiger partial charge is 0.420 e. The lowest BCUT2D eigenvalue weighted by Crippen LogP contribution is -2.46. The van der Waals surface area contributed by atoms with Crippen molar-refractivity contribution in [3.63, 3.8) is 0 Å². The minimum absolute atomic E-state index is 0.0383. The van der Waals surface area contributed by atoms with Gasteiger partial charge < -0.3 is 29.1 Å². The molecule has 0 saturated carbocycles. The molecule has 0 radical (unpaired) electrons. The highest BCUT2D eigenvalue weighted by Gasteiger charge is 2.41. The maximum atomic E-state index is 14.7. The summed E-state index contributed by atoms with van der Waals surface area (Å²) in [5.41, 5.74) is 3.53. The number of aliphatic hydroxyl groups excluding tert-OH is 1. The first-order chi connectivity index (χ1) is 35.6. The Hall–Kier alpha value is -7.49. The van der Waals surface area contributed by atoms with Gasteiger partial charge in [-0.2, -0.15) is 17.7 Å². The van der Waals surface area contributed by atoms with E-state index in [-0.39, 0.29) is 66.3 Å². The number of nitrogens with one attached hydrogen (secondary N) is 1. The topological polar surface area (TPSA) is 183 Å². The predicted molar refractivity (Wildman–Crippen MR) is 264 cm³/mol. The monoisotopic (exact) mass is 1010 g/mol. The van der Waals surface area contributed by atoms with Crippen molar-refractivity contribution in [2.24, 2.45) is 7.05 Å². The third-order valence-corrected chi connectivity index (χ3v) is 15.0. The number of halogens is 3. The van der Waals surface area contributed by atoms with Crippen molar-refractivity contribution in [1.82, 2.24) is 38.8 Å². The van der Waals surface area contributed by atoms with Crippen molar-refractivity contribution in [2.45, 2.75) is 76.1 Å². The zero-order chi connectivity index (χ0) is 51.4. The summed E-state index contributed by atoms with van der Waals surface area (Å²) in [7, 11) is 1.68. The maximum Gasteiger partial charge on any atom is 0.420 e. The minimum atomic E-state index is -4.74. The number of imide groups is 1. The molecular weight excluding hydrogens is 960 g/mol. The number of piperidine rings is 3. The second-order valence-electron chi connectivity index (χ2n) is 19.8. The zero-order valence-electron chi connectivity index (χ0n) is 40.7. The molecule has 0 spiro atoms. The van der Waals surface area contributed by atoms with Crippen molar-refractivity contribution in [2.75, 3.05) is 62.2 Å². The van der Waals surface area contributed by atoms with Gasteiger partial charge in [0, 0.05) is 107 Å². The molecule has 21 heteroatoms. The summed E-state index contributed by atoms with van der Waals surface area (Å²) >= 11 is 0. The Labute approximate surface area is 422 Å². The van der Waals surface area contributed by atoms with E-state index in [4.69, 9.17) is 4.74 Å². The lowest BCUT2D eigenvalue weighted by molar-refractivity contribution is -0.438. The summed E-state index contributed by atoms with van der Waals surface area (Å²) in [5, 5.41) is 21.0. The molecule has 4 amide bonds. The van der Waals surface area contributed by atoms with Crippen LogP contribution < -0.4 is 20.8 Å². The van der Waals surface area contributed by atoms with Gasteiger partial charge >= 0.3 is 23.7 Å². The fraction of sp³-hybridized carbons (Fsp3) is 0.396. The lowest BCUT2D eigenvalue weighted by Gasteiger charge is -2.38. The van der Waals surface area contributed by atoms with E-state index < -0.39 is 29.4 Å². The molecule has 4 fully saturated rings. The predicted octanol–water partition coefficient (Wildman–Crippen LogP) is 4.48. The van der Waals surface area contributed by atoms with Crippen molar-refractivity contribution in [1.29, 1.82) is 0 Å². The molecular formula is C53H55F3N11O7+. The van der Waals surface area contributed by atoms with Gasteiger partial charge in [-0.15, -0.1) is 10.2 Å². The quantitative estimate of drug-likeness (QED) is 0.145. The van der Waals surface area contributed by atoms with Crippen LogP contribution in [0.5, 0.6) is 0 Å². The molecule has 0 unspecified atom stereocenters. The molecule has 6 aromatic rings. The van der Waals surface area contributed by atoms with E-state index >= 15 is 0 Å². The van der Waals surface area contributed by atoms with Crippen molar-refractivity contribution in [3.8, 4) is 5.69 Å². The van der Waals surface area contributed by atoms with E-state index in [1.54, 1.807) is 35.9 Å². The van der Waals surface area contributed by atoms with Crippen LogP contribution in [0.1, 0.15) is 93.4 Å². The molecule has 0 aliphatic carbocycles. The zero-order valence-corrected chi connectivity index (χ0v) is 40.7. The van der Waals surface area contributed by atoms with Crippen LogP contribution in [0.2, 0.25) is 0 Å².